The highest BCUT2D eigenvalue weighted by Crippen LogP contribution is 2.12. The largest absolute Gasteiger partial charge is 0.347 e. The minimum atomic E-state index is -0.571. The summed E-state index contributed by atoms with van der Waals surface area (Å²) >= 11 is 5.75. The third kappa shape index (κ3) is 6.58. The molecule has 0 aliphatic rings. The molecule has 0 saturated heterocycles. The fourth-order valence-corrected chi connectivity index (χ4v) is 1.57. The molecule has 0 fully saturated rings. The van der Waals surface area contributed by atoms with Gasteiger partial charge in [-0.1, -0.05) is 44.5 Å². The van der Waals surface area contributed by atoms with Gasteiger partial charge >= 0.3 is 0 Å². The molecule has 0 heterocycles. The zero-order valence-corrected chi connectivity index (χ0v) is 13.6. The zero-order valence-electron chi connectivity index (χ0n) is 12.8. The zero-order chi connectivity index (χ0) is 16.8. The van der Waals surface area contributed by atoms with E-state index >= 15 is 0 Å². The summed E-state index contributed by atoms with van der Waals surface area (Å²) in [7, 11) is 0. The summed E-state index contributed by atoms with van der Waals surface area (Å²) < 4.78 is 0. The molecule has 6 nitrogen and oxygen atoms in total. The van der Waals surface area contributed by atoms with Crippen molar-refractivity contribution in [1.29, 1.82) is 0 Å². The van der Waals surface area contributed by atoms with Gasteiger partial charge in [-0.25, -0.2) is 0 Å². The Bertz CT molecular complexity index is 550. The molecular weight excluding hydrogens is 306 g/mol. The number of rotatable bonds is 4. The summed E-state index contributed by atoms with van der Waals surface area (Å²) in [5.41, 5.74) is 4.73. The fraction of sp³-hybridized carbons (Fsp3) is 0.400. The van der Waals surface area contributed by atoms with Crippen LogP contribution in [0.4, 0.5) is 0 Å². The first-order chi connectivity index (χ1) is 10.2. The molecule has 0 atom stereocenters. The molecule has 7 heteroatoms. The summed E-state index contributed by atoms with van der Waals surface area (Å²) in [5, 5.41) is 3.07. The number of hydrazine groups is 1. The molecule has 0 aliphatic carbocycles. The molecule has 0 unspecified atom stereocenters. The molecule has 0 aliphatic heterocycles. The highest BCUT2D eigenvalue weighted by Gasteiger charge is 2.21. The van der Waals surface area contributed by atoms with E-state index in [9.17, 15) is 14.4 Å². The van der Waals surface area contributed by atoms with Crippen LogP contribution >= 0.6 is 11.6 Å². The molecule has 0 spiro atoms. The summed E-state index contributed by atoms with van der Waals surface area (Å²) in [5.74, 6) is -1.10. The average molecular weight is 326 g/mol. The average Bonchev–Trinajstić information content (AvgIpc) is 2.44. The minimum absolute atomic E-state index is 0.117. The second kappa shape index (κ2) is 7.79. The SMILES string of the molecule is CC(C)(C)C(=O)NCC(=O)NNC(=O)Cc1ccc(Cl)cc1. The maximum atomic E-state index is 11.7. The molecular formula is C15H20ClN3O3. The number of hydrogen-bond donors (Lipinski definition) is 3. The molecule has 1 aromatic rings. The van der Waals surface area contributed by atoms with Gasteiger partial charge in [0.15, 0.2) is 0 Å². The van der Waals surface area contributed by atoms with Crippen LogP contribution in [0.25, 0.3) is 0 Å². The Morgan fingerprint density at radius 1 is 1.00 bits per heavy atom. The van der Waals surface area contributed by atoms with Crippen molar-refractivity contribution in [2.45, 2.75) is 27.2 Å². The Morgan fingerprint density at radius 3 is 2.09 bits per heavy atom. The summed E-state index contributed by atoms with van der Waals surface area (Å²) in [6, 6.07) is 6.83. The molecule has 1 aromatic carbocycles. The van der Waals surface area contributed by atoms with Gasteiger partial charge < -0.3 is 5.32 Å². The normalized spacial score (nSPS) is 10.7. The quantitative estimate of drug-likeness (QED) is 0.727. The summed E-state index contributed by atoms with van der Waals surface area (Å²) in [4.78, 5) is 34.8. The smallest absolute Gasteiger partial charge is 0.257 e. The van der Waals surface area contributed by atoms with E-state index in [1.54, 1.807) is 45.0 Å². The molecule has 1 rings (SSSR count). The van der Waals surface area contributed by atoms with Gasteiger partial charge in [0, 0.05) is 10.4 Å². The minimum Gasteiger partial charge on any atom is -0.347 e. The van der Waals surface area contributed by atoms with Crippen LogP contribution in [-0.2, 0) is 20.8 Å². The molecule has 0 aromatic heterocycles. The number of amides is 3. The third-order valence-electron chi connectivity index (χ3n) is 2.71. The maximum Gasteiger partial charge on any atom is 0.257 e. The van der Waals surface area contributed by atoms with E-state index < -0.39 is 11.3 Å². The second-order valence-electron chi connectivity index (χ2n) is 5.83. The van der Waals surface area contributed by atoms with Crippen molar-refractivity contribution in [3.8, 4) is 0 Å². The van der Waals surface area contributed by atoms with E-state index in [4.69, 9.17) is 11.6 Å². The van der Waals surface area contributed by atoms with Crippen molar-refractivity contribution in [3.63, 3.8) is 0 Å². The Labute approximate surface area is 134 Å². The van der Waals surface area contributed by atoms with Gasteiger partial charge in [-0.2, -0.15) is 0 Å². The van der Waals surface area contributed by atoms with Crippen LogP contribution in [0, 0.1) is 5.41 Å². The van der Waals surface area contributed by atoms with E-state index in [2.05, 4.69) is 16.2 Å². The van der Waals surface area contributed by atoms with Crippen molar-refractivity contribution in [1.82, 2.24) is 16.2 Å². The van der Waals surface area contributed by atoms with Gasteiger partial charge in [-0.15, -0.1) is 0 Å². The molecule has 0 saturated carbocycles. The van der Waals surface area contributed by atoms with E-state index in [1.165, 1.54) is 0 Å². The van der Waals surface area contributed by atoms with Crippen LogP contribution in [-0.4, -0.2) is 24.3 Å². The van der Waals surface area contributed by atoms with E-state index in [0.29, 0.717) is 5.02 Å². The molecule has 3 amide bonds. The molecule has 22 heavy (non-hydrogen) atoms. The first-order valence-electron chi connectivity index (χ1n) is 6.79. The molecule has 0 radical (unpaired) electrons. The predicted molar refractivity (Wildman–Crippen MR) is 83.9 cm³/mol. The lowest BCUT2D eigenvalue weighted by Gasteiger charge is -2.17. The van der Waals surface area contributed by atoms with Gasteiger partial charge in [-0.05, 0) is 17.7 Å². The Balaban J connectivity index is 2.30. The van der Waals surface area contributed by atoms with Gasteiger partial charge in [0.25, 0.3) is 5.91 Å². The highest BCUT2D eigenvalue weighted by atomic mass is 35.5. The van der Waals surface area contributed by atoms with Crippen molar-refractivity contribution < 1.29 is 14.4 Å². The highest BCUT2D eigenvalue weighted by molar-refractivity contribution is 6.30. The van der Waals surface area contributed by atoms with E-state index in [0.717, 1.165) is 5.56 Å². The lowest BCUT2D eigenvalue weighted by Crippen LogP contribution is -2.48. The number of carbonyl (C=O) groups is 3. The number of nitrogens with one attached hydrogen (secondary N) is 3. The lowest BCUT2D eigenvalue weighted by molar-refractivity contribution is -0.132. The van der Waals surface area contributed by atoms with E-state index in [1.807, 2.05) is 0 Å². The fourth-order valence-electron chi connectivity index (χ4n) is 1.44. The van der Waals surface area contributed by atoms with Gasteiger partial charge in [0.1, 0.15) is 0 Å². The number of carbonyl (C=O) groups excluding carboxylic acids is 3. The lowest BCUT2D eigenvalue weighted by atomic mass is 9.96. The predicted octanol–water partition coefficient (Wildman–Crippen LogP) is 1.19. The maximum absolute atomic E-state index is 11.7. The molecule has 120 valence electrons. The second-order valence-corrected chi connectivity index (χ2v) is 6.27. The standard InChI is InChI=1S/C15H20ClN3O3/c1-15(2,3)14(22)17-9-13(21)19-18-12(20)8-10-4-6-11(16)7-5-10/h4-7H,8-9H2,1-3H3,(H,17,22)(H,18,20)(H,19,21). The van der Waals surface area contributed by atoms with Crippen molar-refractivity contribution in [3.05, 3.63) is 34.9 Å². The van der Waals surface area contributed by atoms with Crippen LogP contribution < -0.4 is 16.2 Å². The van der Waals surface area contributed by atoms with Crippen molar-refractivity contribution >= 4 is 29.3 Å². The van der Waals surface area contributed by atoms with Crippen molar-refractivity contribution in [2.75, 3.05) is 6.54 Å². The number of hydrogen-bond acceptors (Lipinski definition) is 3. The first-order valence-corrected chi connectivity index (χ1v) is 7.16. The van der Waals surface area contributed by atoms with Crippen LogP contribution in [0.5, 0.6) is 0 Å². The Hall–Kier alpha value is -2.08. The number of benzene rings is 1. The Morgan fingerprint density at radius 2 is 1.55 bits per heavy atom. The Kier molecular flexibility index (Phi) is 6.37. The van der Waals surface area contributed by atoms with Crippen LogP contribution in [0.15, 0.2) is 24.3 Å². The van der Waals surface area contributed by atoms with Gasteiger partial charge in [0.2, 0.25) is 11.8 Å². The topological polar surface area (TPSA) is 87.3 Å². The summed E-state index contributed by atoms with van der Waals surface area (Å²) in [6.07, 6.45) is 0.117. The van der Waals surface area contributed by atoms with E-state index in [-0.39, 0.29) is 24.8 Å². The van der Waals surface area contributed by atoms with Gasteiger partial charge in [-0.3, -0.25) is 25.2 Å². The van der Waals surface area contributed by atoms with Crippen LogP contribution in [0.3, 0.4) is 0 Å². The third-order valence-corrected chi connectivity index (χ3v) is 2.96. The van der Waals surface area contributed by atoms with Gasteiger partial charge in [0.05, 0.1) is 13.0 Å². The first kappa shape index (κ1) is 18.0. The molecule has 0 bridgehead atoms. The van der Waals surface area contributed by atoms with Crippen molar-refractivity contribution in [2.24, 2.45) is 5.41 Å². The number of halogens is 1. The molecule has 3 N–H and O–H groups in total. The summed E-state index contributed by atoms with van der Waals surface area (Å²) in [6.45, 7) is 5.04. The van der Waals surface area contributed by atoms with Crippen LogP contribution in [0.2, 0.25) is 5.02 Å². The monoisotopic (exact) mass is 325 g/mol. The van der Waals surface area contributed by atoms with Crippen LogP contribution in [0.1, 0.15) is 26.3 Å².